The Hall–Kier alpha value is 0.459. The van der Waals surface area contributed by atoms with E-state index in [1.165, 1.54) is 6.41 Å². The molecule has 0 rings (SSSR count). The number of primary amides is 1. The Kier molecular flexibility index (Phi) is 18.3. The van der Waals surface area contributed by atoms with Crippen LogP contribution in [0.15, 0.2) is 0 Å². The molecule has 0 aliphatic carbocycles. The largest absolute Gasteiger partial charge is 0.520 e. The van der Waals surface area contributed by atoms with Crippen molar-refractivity contribution in [2.75, 3.05) is 0 Å². The van der Waals surface area contributed by atoms with E-state index in [9.17, 15) is 9.59 Å². The third kappa shape index (κ3) is 10.4. The first kappa shape index (κ1) is 19.1. The first-order valence-corrected chi connectivity index (χ1v) is 4.01. The zero-order chi connectivity index (χ0) is 10.1. The van der Waals surface area contributed by atoms with Gasteiger partial charge in [-0.15, -0.1) is 0 Å². The number of carbonyl (C=O) groups excluding carboxylic acids is 2. The van der Waals surface area contributed by atoms with Crippen LogP contribution in [0.2, 0.25) is 0 Å². The second-order valence-corrected chi connectivity index (χ2v) is 2.37. The molecule has 0 aliphatic heterocycles. The smallest absolute Gasteiger partial charge is 0.237 e. The average molecular weight is 346 g/mol. The molecular formula is C8H17N2O2Yb-. The molecule has 0 aromatic carbocycles. The van der Waals surface area contributed by atoms with E-state index in [-0.39, 0.29) is 52.8 Å². The molecule has 0 aromatic rings. The summed E-state index contributed by atoms with van der Waals surface area (Å²) in [6, 6.07) is -0.600. The van der Waals surface area contributed by atoms with Crippen molar-refractivity contribution in [1.29, 1.82) is 0 Å². The molecule has 86 valence electrons. The minimum Gasteiger partial charge on any atom is -0.520 e. The van der Waals surface area contributed by atoms with E-state index in [0.29, 0.717) is 0 Å². The minimum atomic E-state index is -0.600. The maximum absolute atomic E-state index is 10.5. The van der Waals surface area contributed by atoms with Gasteiger partial charge in [-0.3, -0.25) is 4.79 Å². The van der Waals surface area contributed by atoms with Crippen molar-refractivity contribution in [3.63, 3.8) is 0 Å². The van der Waals surface area contributed by atoms with Crippen molar-refractivity contribution in [1.82, 2.24) is 5.32 Å². The van der Waals surface area contributed by atoms with Crippen LogP contribution in [0.3, 0.4) is 0 Å². The predicted molar refractivity (Wildman–Crippen MR) is 48.0 cm³/mol. The molecule has 0 heterocycles. The van der Waals surface area contributed by atoms with Gasteiger partial charge in [0.1, 0.15) is 0 Å². The third-order valence-corrected chi connectivity index (χ3v) is 1.19. The van der Waals surface area contributed by atoms with Crippen LogP contribution >= 0.6 is 0 Å². The Balaban J connectivity index is -0.000000309. The van der Waals surface area contributed by atoms with Gasteiger partial charge in [0.2, 0.25) is 5.91 Å². The summed E-state index contributed by atoms with van der Waals surface area (Å²) >= 11 is 0. The van der Waals surface area contributed by atoms with Crippen molar-refractivity contribution in [2.45, 2.75) is 33.7 Å². The van der Waals surface area contributed by atoms with Crippen molar-refractivity contribution in [2.24, 2.45) is 11.7 Å². The molecule has 13 heavy (non-hydrogen) atoms. The Morgan fingerprint density at radius 2 is 1.77 bits per heavy atom. The molecule has 0 bridgehead atoms. The molecule has 0 fully saturated rings. The molecule has 0 radical (unpaired) electrons. The maximum atomic E-state index is 10.5. The molecule has 0 saturated heterocycles. The van der Waals surface area contributed by atoms with E-state index in [1.807, 2.05) is 13.8 Å². The number of nitrogens with two attached hydrogens (primary N) is 1. The molecule has 5 heteroatoms. The van der Waals surface area contributed by atoms with Crippen LogP contribution in [0.25, 0.3) is 0 Å². The fourth-order valence-electron chi connectivity index (χ4n) is 0.630. The second kappa shape index (κ2) is 12.5. The van der Waals surface area contributed by atoms with Gasteiger partial charge >= 0.3 is 0 Å². The third-order valence-electron chi connectivity index (χ3n) is 1.19. The Bertz CT molecular complexity index is 140. The quantitative estimate of drug-likeness (QED) is 0.563. The molecule has 0 saturated carbocycles. The molecule has 0 spiro atoms. The summed E-state index contributed by atoms with van der Waals surface area (Å²) in [5.74, 6) is -0.516. The van der Waals surface area contributed by atoms with E-state index >= 15 is 0 Å². The average Bonchev–Trinajstić information content (AvgIpc) is 2.03. The predicted octanol–water partition coefficient (Wildman–Crippen LogP) is 0.179. The van der Waals surface area contributed by atoms with E-state index in [2.05, 4.69) is 5.32 Å². The van der Waals surface area contributed by atoms with Crippen LogP contribution < -0.4 is 11.1 Å². The van der Waals surface area contributed by atoms with E-state index in [0.717, 1.165) is 0 Å². The van der Waals surface area contributed by atoms with Gasteiger partial charge < -0.3 is 15.8 Å². The van der Waals surface area contributed by atoms with Gasteiger partial charge in [0.05, 0.1) is 6.04 Å². The van der Waals surface area contributed by atoms with Gasteiger partial charge in [-0.05, 0) is 5.92 Å². The number of amides is 2. The Morgan fingerprint density at radius 1 is 1.38 bits per heavy atom. The van der Waals surface area contributed by atoms with Gasteiger partial charge in [0.15, 0.2) is 0 Å². The molecule has 2 amide bonds. The van der Waals surface area contributed by atoms with E-state index in [4.69, 9.17) is 5.73 Å². The molecule has 0 aliphatic rings. The fourth-order valence-corrected chi connectivity index (χ4v) is 0.630. The second-order valence-electron chi connectivity index (χ2n) is 2.37. The van der Waals surface area contributed by atoms with Crippen molar-refractivity contribution >= 4 is 12.3 Å². The Labute approximate surface area is 118 Å². The summed E-state index contributed by atoms with van der Waals surface area (Å²) in [6.07, 6.45) is 1.43. The zero-order valence-electron chi connectivity index (χ0n) is 8.32. The number of hydrogen-bond donors (Lipinski definition) is 2. The van der Waals surface area contributed by atoms with Crippen LogP contribution in [0.1, 0.15) is 27.7 Å². The number of nitrogens with one attached hydrogen (secondary N) is 1. The van der Waals surface area contributed by atoms with Crippen LogP contribution in [-0.4, -0.2) is 18.4 Å². The minimum absolute atomic E-state index is 0. The van der Waals surface area contributed by atoms with Crippen molar-refractivity contribution in [3.8, 4) is 0 Å². The van der Waals surface area contributed by atoms with Crippen LogP contribution in [-0.2, 0) is 9.59 Å². The van der Waals surface area contributed by atoms with Crippen LogP contribution in [0.5, 0.6) is 0 Å². The van der Waals surface area contributed by atoms with Crippen LogP contribution in [0.4, 0.5) is 0 Å². The standard InChI is InChI=1S/C6H11N2O2.C2H6.Yb/c1-4(2)5(6(7)10)8-3-9;1-2;/h4-5H,1-2H3,(H2,7,10)(H,8,9);1-2H3;/q-1;;. The number of rotatable bonds is 4. The maximum Gasteiger partial charge on any atom is 0.237 e. The normalized spacial score (nSPS) is 10.2. The van der Waals surface area contributed by atoms with Gasteiger partial charge in [-0.2, -0.15) is 6.41 Å². The summed E-state index contributed by atoms with van der Waals surface area (Å²) < 4.78 is 0. The van der Waals surface area contributed by atoms with Gasteiger partial charge in [-0.1, -0.05) is 27.7 Å². The van der Waals surface area contributed by atoms with Crippen molar-refractivity contribution in [3.05, 3.63) is 0 Å². The molecule has 1 unspecified atom stereocenters. The summed E-state index contributed by atoms with van der Waals surface area (Å²) in [5, 5.41) is 2.20. The zero-order valence-corrected chi connectivity index (χ0v) is 10.0. The number of carbonyl (C=O) groups is 1. The molecule has 3 N–H and O–H groups in total. The van der Waals surface area contributed by atoms with Gasteiger partial charge in [-0.25, -0.2) is 0 Å². The Morgan fingerprint density at radius 3 is 1.85 bits per heavy atom. The van der Waals surface area contributed by atoms with Gasteiger partial charge in [0.25, 0.3) is 0 Å². The first-order chi connectivity index (χ1) is 5.59. The van der Waals surface area contributed by atoms with Crippen LogP contribution in [0, 0.1) is 52.8 Å². The SMILES string of the molecule is CC.CC(C)C(N[C-]=O)C(N)=O.[Yb]. The summed E-state index contributed by atoms with van der Waals surface area (Å²) in [6.45, 7) is 7.58. The molecule has 1 atom stereocenters. The number of hydrogen-bond acceptors (Lipinski definition) is 2. The first-order valence-electron chi connectivity index (χ1n) is 4.01. The summed E-state index contributed by atoms with van der Waals surface area (Å²) in [5.41, 5.74) is 4.94. The molecule has 4 nitrogen and oxygen atoms in total. The summed E-state index contributed by atoms with van der Waals surface area (Å²) in [7, 11) is 0. The van der Waals surface area contributed by atoms with E-state index < -0.39 is 11.9 Å². The summed E-state index contributed by atoms with van der Waals surface area (Å²) in [4.78, 5) is 20.3. The van der Waals surface area contributed by atoms with Crippen molar-refractivity contribution < 1.29 is 56.5 Å². The van der Waals surface area contributed by atoms with Gasteiger partial charge in [0, 0.05) is 46.9 Å². The topological polar surface area (TPSA) is 72.2 Å². The molecular weight excluding hydrogens is 329 g/mol. The monoisotopic (exact) mass is 347 g/mol. The fraction of sp³-hybridized carbons (Fsp3) is 0.750. The molecule has 0 aromatic heterocycles. The van der Waals surface area contributed by atoms with E-state index in [1.54, 1.807) is 13.8 Å².